The van der Waals surface area contributed by atoms with E-state index >= 15 is 0 Å². The summed E-state index contributed by atoms with van der Waals surface area (Å²) in [7, 11) is 0. The SMILES string of the molecule is CC(C)NC(=O)c1cccc(C2=C(C(=O)O)N3C(=O)[C@H]([C@@H](C)O)[C@H]3C2)c1.[NaH]. The molecule has 2 heterocycles. The van der Waals surface area contributed by atoms with Gasteiger partial charge in [-0.15, -0.1) is 0 Å². The number of nitrogens with zero attached hydrogens (tertiary/aromatic N) is 1. The predicted molar refractivity (Wildman–Crippen MR) is 101 cm³/mol. The third kappa shape index (κ3) is 3.82. The van der Waals surface area contributed by atoms with Crippen LogP contribution >= 0.6 is 0 Å². The number of carbonyl (C=O) groups is 3. The monoisotopic (exact) mass is 382 g/mol. The first-order chi connectivity index (χ1) is 12.2. The zero-order valence-electron chi connectivity index (χ0n) is 14.9. The van der Waals surface area contributed by atoms with Gasteiger partial charge in [-0.2, -0.15) is 0 Å². The standard InChI is InChI=1S/C19H22N2O5.Na.H/c1-9(2)20-17(23)12-6-4-5-11(7-12)13-8-14-15(10(3)22)18(24)21(14)16(13)19(25)26;;/h4-7,9-10,14-15,22H,8H2,1-3H3,(H,20,23)(H,25,26);;/t10-,14-,15-;;/m1../s1. The van der Waals surface area contributed by atoms with Crippen molar-refractivity contribution in [1.82, 2.24) is 10.2 Å². The number of aliphatic hydroxyl groups is 1. The zero-order chi connectivity index (χ0) is 19.2. The Morgan fingerprint density at radius 2 is 1.93 bits per heavy atom. The summed E-state index contributed by atoms with van der Waals surface area (Å²) in [5, 5.41) is 22.2. The van der Waals surface area contributed by atoms with Crippen LogP contribution in [0.2, 0.25) is 0 Å². The van der Waals surface area contributed by atoms with Gasteiger partial charge >= 0.3 is 35.5 Å². The maximum atomic E-state index is 12.3. The number of benzene rings is 1. The first-order valence-corrected chi connectivity index (χ1v) is 8.61. The zero-order valence-corrected chi connectivity index (χ0v) is 14.9. The Morgan fingerprint density at radius 3 is 2.48 bits per heavy atom. The van der Waals surface area contributed by atoms with Crippen molar-refractivity contribution < 1.29 is 24.6 Å². The quantitative estimate of drug-likeness (QED) is 0.510. The first-order valence-electron chi connectivity index (χ1n) is 8.61. The minimum absolute atomic E-state index is 0. The molecule has 140 valence electrons. The van der Waals surface area contributed by atoms with Crippen LogP contribution in [0, 0.1) is 5.92 Å². The van der Waals surface area contributed by atoms with Crippen LogP contribution in [0.4, 0.5) is 0 Å². The summed E-state index contributed by atoms with van der Waals surface area (Å²) in [6, 6.07) is 6.37. The Morgan fingerprint density at radius 1 is 1.26 bits per heavy atom. The number of carboxylic acid groups (broad SMARTS) is 1. The van der Waals surface area contributed by atoms with Crippen molar-refractivity contribution in [2.75, 3.05) is 0 Å². The average molecular weight is 382 g/mol. The van der Waals surface area contributed by atoms with Gasteiger partial charge in [0.05, 0.1) is 18.1 Å². The molecule has 0 aliphatic carbocycles. The normalized spacial score (nSPS) is 22.1. The fourth-order valence-corrected chi connectivity index (χ4v) is 3.72. The van der Waals surface area contributed by atoms with Crippen LogP contribution in [0.25, 0.3) is 5.57 Å². The van der Waals surface area contributed by atoms with Gasteiger partial charge in [-0.25, -0.2) is 4.79 Å². The van der Waals surface area contributed by atoms with Crippen molar-refractivity contribution in [1.29, 1.82) is 0 Å². The molecular formula is C19H23N2NaO5. The molecule has 1 aromatic rings. The van der Waals surface area contributed by atoms with Crippen molar-refractivity contribution in [3.8, 4) is 0 Å². The van der Waals surface area contributed by atoms with Crippen molar-refractivity contribution in [3.05, 3.63) is 41.1 Å². The molecule has 8 heteroatoms. The number of β-lactam (4-membered cyclic amide) rings is 1. The number of aliphatic carboxylic acids is 1. The number of hydrogen-bond donors (Lipinski definition) is 3. The number of nitrogens with one attached hydrogen (secondary N) is 1. The van der Waals surface area contributed by atoms with E-state index in [9.17, 15) is 24.6 Å². The van der Waals surface area contributed by atoms with Crippen LogP contribution in [-0.4, -0.2) is 80.6 Å². The van der Waals surface area contributed by atoms with Crippen molar-refractivity contribution in [3.63, 3.8) is 0 Å². The van der Waals surface area contributed by atoms with E-state index in [0.717, 1.165) is 0 Å². The van der Waals surface area contributed by atoms with Crippen molar-refractivity contribution in [2.24, 2.45) is 5.92 Å². The summed E-state index contributed by atoms with van der Waals surface area (Å²) >= 11 is 0. The topological polar surface area (TPSA) is 107 Å². The Kier molecular flexibility index (Phi) is 6.52. The van der Waals surface area contributed by atoms with Crippen LogP contribution in [-0.2, 0) is 9.59 Å². The molecule has 3 atom stereocenters. The van der Waals surface area contributed by atoms with E-state index in [2.05, 4.69) is 5.32 Å². The third-order valence-electron chi connectivity index (χ3n) is 4.82. The number of aliphatic hydroxyl groups excluding tert-OH is 1. The molecule has 3 rings (SSSR count). The summed E-state index contributed by atoms with van der Waals surface area (Å²) < 4.78 is 0. The van der Waals surface area contributed by atoms with Gasteiger partial charge in [-0.1, -0.05) is 12.1 Å². The Bertz CT molecular complexity index is 818. The molecule has 0 saturated carbocycles. The first kappa shape index (κ1) is 21.6. The second-order valence-corrected chi connectivity index (χ2v) is 7.09. The molecule has 0 bridgehead atoms. The molecule has 0 aromatic heterocycles. The third-order valence-corrected chi connectivity index (χ3v) is 4.82. The number of rotatable bonds is 5. The van der Waals surface area contributed by atoms with E-state index in [1.54, 1.807) is 24.3 Å². The number of fused-ring (bicyclic) bond motifs is 1. The van der Waals surface area contributed by atoms with Gasteiger partial charge in [-0.05, 0) is 50.5 Å². The number of hydrogen-bond acceptors (Lipinski definition) is 4. The van der Waals surface area contributed by atoms with Crippen molar-refractivity contribution >= 4 is 52.9 Å². The summed E-state index contributed by atoms with van der Waals surface area (Å²) in [6.07, 6.45) is -0.487. The summed E-state index contributed by atoms with van der Waals surface area (Å²) in [4.78, 5) is 37.5. The molecule has 2 aliphatic rings. The molecule has 0 spiro atoms. The van der Waals surface area contributed by atoms with Crippen LogP contribution in [0.15, 0.2) is 30.0 Å². The summed E-state index contributed by atoms with van der Waals surface area (Å²) in [5.74, 6) is -2.38. The molecule has 0 unspecified atom stereocenters. The van der Waals surface area contributed by atoms with Gasteiger partial charge in [0.2, 0.25) is 5.91 Å². The van der Waals surface area contributed by atoms with E-state index in [1.165, 1.54) is 11.8 Å². The molecule has 2 aliphatic heterocycles. The predicted octanol–water partition coefficient (Wildman–Crippen LogP) is 0.583. The van der Waals surface area contributed by atoms with Crippen molar-refractivity contribution in [2.45, 2.75) is 45.4 Å². The number of carboxylic acids is 1. The van der Waals surface area contributed by atoms with Crippen LogP contribution in [0.1, 0.15) is 43.1 Å². The van der Waals surface area contributed by atoms with Gasteiger partial charge in [0, 0.05) is 11.6 Å². The Balaban J connectivity index is 0.00000261. The van der Waals surface area contributed by atoms with Crippen LogP contribution in [0.5, 0.6) is 0 Å². The molecule has 27 heavy (non-hydrogen) atoms. The molecule has 1 aromatic carbocycles. The Labute approximate surface area is 179 Å². The van der Waals surface area contributed by atoms with Crippen LogP contribution < -0.4 is 5.32 Å². The van der Waals surface area contributed by atoms with Gasteiger partial charge in [-0.3, -0.25) is 9.59 Å². The van der Waals surface area contributed by atoms with Gasteiger partial charge in [0.25, 0.3) is 5.91 Å². The molecule has 0 radical (unpaired) electrons. The second-order valence-electron chi connectivity index (χ2n) is 7.09. The fourth-order valence-electron chi connectivity index (χ4n) is 3.72. The average Bonchev–Trinajstić information content (AvgIpc) is 2.89. The number of amides is 2. The van der Waals surface area contributed by atoms with E-state index in [4.69, 9.17) is 0 Å². The van der Waals surface area contributed by atoms with Gasteiger partial charge < -0.3 is 20.4 Å². The molecule has 1 fully saturated rings. The van der Waals surface area contributed by atoms with E-state index in [-0.39, 0.29) is 59.2 Å². The van der Waals surface area contributed by atoms with Crippen LogP contribution in [0.3, 0.4) is 0 Å². The molecule has 3 N–H and O–H groups in total. The minimum atomic E-state index is -1.18. The Hall–Kier alpha value is -1.67. The van der Waals surface area contributed by atoms with Gasteiger partial charge in [0.1, 0.15) is 5.70 Å². The summed E-state index contributed by atoms with van der Waals surface area (Å²) in [5.41, 5.74) is 1.49. The second kappa shape index (κ2) is 8.14. The van der Waals surface area contributed by atoms with E-state index < -0.39 is 18.0 Å². The number of carbonyl (C=O) groups excluding carboxylic acids is 2. The molecule has 2 amide bonds. The summed E-state index contributed by atoms with van der Waals surface area (Å²) in [6.45, 7) is 5.25. The molecule has 7 nitrogen and oxygen atoms in total. The molecular weight excluding hydrogens is 359 g/mol. The van der Waals surface area contributed by atoms with Gasteiger partial charge in [0.15, 0.2) is 0 Å². The molecule has 1 saturated heterocycles. The maximum absolute atomic E-state index is 12.3. The fraction of sp³-hybridized carbons (Fsp3) is 0.421. The van der Waals surface area contributed by atoms with E-state index in [1.807, 2.05) is 13.8 Å². The van der Waals surface area contributed by atoms with E-state index in [0.29, 0.717) is 23.1 Å².